The number of aliphatic hydroxyl groups excluding tert-OH is 1. The van der Waals surface area contributed by atoms with E-state index in [0.29, 0.717) is 0 Å². The van der Waals surface area contributed by atoms with Gasteiger partial charge in [0.25, 0.3) is 0 Å². The van der Waals surface area contributed by atoms with Gasteiger partial charge in [-0.3, -0.25) is 0 Å². The molecule has 0 aliphatic carbocycles. The lowest BCUT2D eigenvalue weighted by Crippen LogP contribution is -2.28. The van der Waals surface area contributed by atoms with E-state index in [2.05, 4.69) is 35.3 Å². The van der Waals surface area contributed by atoms with E-state index in [1.54, 1.807) is 0 Å². The fourth-order valence-electron chi connectivity index (χ4n) is 1.15. The van der Waals surface area contributed by atoms with Gasteiger partial charge >= 0.3 is 0 Å². The second-order valence-electron chi connectivity index (χ2n) is 3.31. The van der Waals surface area contributed by atoms with Gasteiger partial charge in [-0.05, 0) is 25.5 Å². The molecule has 0 aliphatic rings. The number of aryl methyl sites for hydroxylation is 1. The summed E-state index contributed by atoms with van der Waals surface area (Å²) in [6.45, 7) is 6.11. The highest BCUT2D eigenvalue weighted by atomic mass is 16.3. The minimum atomic E-state index is 0.171. The van der Waals surface area contributed by atoms with Crippen LogP contribution in [-0.2, 0) is 13.1 Å². The van der Waals surface area contributed by atoms with Gasteiger partial charge in [-0.15, -0.1) is 0 Å². The SMILES string of the molecule is CCn1ccc(CNC(C)CO)c1. The van der Waals surface area contributed by atoms with Crippen molar-refractivity contribution < 1.29 is 5.11 Å². The highest BCUT2D eigenvalue weighted by molar-refractivity contribution is 5.09. The van der Waals surface area contributed by atoms with Crippen LogP contribution in [0.1, 0.15) is 19.4 Å². The van der Waals surface area contributed by atoms with Gasteiger partial charge in [0.15, 0.2) is 0 Å². The fraction of sp³-hybridized carbons (Fsp3) is 0.600. The number of aliphatic hydroxyl groups is 1. The number of nitrogens with one attached hydrogen (secondary N) is 1. The first kappa shape index (κ1) is 10.3. The molecule has 1 rings (SSSR count). The average Bonchev–Trinajstić information content (AvgIpc) is 2.61. The molecule has 0 aliphatic heterocycles. The molecular formula is C10H18N2O. The minimum Gasteiger partial charge on any atom is -0.395 e. The van der Waals surface area contributed by atoms with Crippen LogP contribution in [0.4, 0.5) is 0 Å². The fourth-order valence-corrected chi connectivity index (χ4v) is 1.15. The van der Waals surface area contributed by atoms with Crippen molar-refractivity contribution in [2.45, 2.75) is 33.0 Å². The Morgan fingerprint density at radius 1 is 1.62 bits per heavy atom. The molecule has 1 heterocycles. The zero-order chi connectivity index (χ0) is 9.68. The summed E-state index contributed by atoms with van der Waals surface area (Å²) in [6.07, 6.45) is 4.19. The third-order valence-electron chi connectivity index (χ3n) is 2.11. The van der Waals surface area contributed by atoms with Crippen LogP contribution >= 0.6 is 0 Å². The van der Waals surface area contributed by atoms with Crippen molar-refractivity contribution in [3.05, 3.63) is 24.0 Å². The first-order chi connectivity index (χ1) is 6.26. The molecule has 74 valence electrons. The van der Waals surface area contributed by atoms with E-state index in [1.165, 1.54) is 5.56 Å². The first-order valence-corrected chi connectivity index (χ1v) is 4.75. The molecule has 1 aromatic heterocycles. The normalized spacial score (nSPS) is 13.2. The quantitative estimate of drug-likeness (QED) is 0.712. The molecule has 3 nitrogen and oxygen atoms in total. The molecule has 1 unspecified atom stereocenters. The summed E-state index contributed by atoms with van der Waals surface area (Å²) >= 11 is 0. The molecule has 0 fully saturated rings. The van der Waals surface area contributed by atoms with Crippen LogP contribution in [-0.4, -0.2) is 22.3 Å². The Balaban J connectivity index is 2.36. The molecule has 13 heavy (non-hydrogen) atoms. The zero-order valence-electron chi connectivity index (χ0n) is 8.33. The molecule has 1 aromatic rings. The highest BCUT2D eigenvalue weighted by Gasteiger charge is 1.99. The van der Waals surface area contributed by atoms with Crippen molar-refractivity contribution in [3.63, 3.8) is 0 Å². The molecular weight excluding hydrogens is 164 g/mol. The molecule has 0 saturated heterocycles. The second kappa shape index (κ2) is 5.04. The largest absolute Gasteiger partial charge is 0.395 e. The Hall–Kier alpha value is -0.800. The van der Waals surface area contributed by atoms with Crippen LogP contribution in [0, 0.1) is 0 Å². The Labute approximate surface area is 79.4 Å². The van der Waals surface area contributed by atoms with E-state index in [1.807, 2.05) is 6.92 Å². The van der Waals surface area contributed by atoms with Gasteiger partial charge < -0.3 is 15.0 Å². The lowest BCUT2D eigenvalue weighted by Gasteiger charge is -2.08. The minimum absolute atomic E-state index is 0.171. The molecule has 0 spiro atoms. The number of rotatable bonds is 5. The van der Waals surface area contributed by atoms with Crippen LogP contribution in [0.2, 0.25) is 0 Å². The number of nitrogens with zero attached hydrogens (tertiary/aromatic N) is 1. The number of hydrogen-bond donors (Lipinski definition) is 2. The smallest absolute Gasteiger partial charge is 0.0582 e. The van der Waals surface area contributed by atoms with Crippen molar-refractivity contribution in [1.82, 2.24) is 9.88 Å². The van der Waals surface area contributed by atoms with Crippen LogP contribution < -0.4 is 5.32 Å². The highest BCUT2D eigenvalue weighted by Crippen LogP contribution is 2.00. The van der Waals surface area contributed by atoms with Crippen LogP contribution in [0.25, 0.3) is 0 Å². The molecule has 3 heteroatoms. The zero-order valence-corrected chi connectivity index (χ0v) is 8.33. The predicted octanol–water partition coefficient (Wildman–Crippen LogP) is 0.978. The maximum absolute atomic E-state index is 8.80. The van der Waals surface area contributed by atoms with Crippen molar-refractivity contribution in [1.29, 1.82) is 0 Å². The second-order valence-corrected chi connectivity index (χ2v) is 3.31. The summed E-state index contributed by atoms with van der Waals surface area (Å²) in [6, 6.07) is 2.27. The van der Waals surface area contributed by atoms with Crippen LogP contribution in [0.15, 0.2) is 18.5 Å². The molecule has 2 N–H and O–H groups in total. The van der Waals surface area contributed by atoms with Gasteiger partial charge in [0.2, 0.25) is 0 Å². The van der Waals surface area contributed by atoms with Gasteiger partial charge in [-0.1, -0.05) is 0 Å². The lowest BCUT2D eigenvalue weighted by molar-refractivity contribution is 0.251. The Morgan fingerprint density at radius 3 is 2.92 bits per heavy atom. The maximum Gasteiger partial charge on any atom is 0.0582 e. The van der Waals surface area contributed by atoms with Gasteiger partial charge in [-0.2, -0.15) is 0 Å². The van der Waals surface area contributed by atoms with Gasteiger partial charge in [-0.25, -0.2) is 0 Å². The van der Waals surface area contributed by atoms with Gasteiger partial charge in [0, 0.05) is 31.5 Å². The molecule has 0 aromatic carbocycles. The molecule has 1 atom stereocenters. The summed E-state index contributed by atoms with van der Waals surface area (Å²) in [4.78, 5) is 0. The standard InChI is InChI=1S/C10H18N2O/c1-3-12-5-4-10(7-12)6-11-9(2)8-13/h4-5,7,9,11,13H,3,6,8H2,1-2H3. The van der Waals surface area contributed by atoms with Crippen molar-refractivity contribution >= 4 is 0 Å². The molecule has 0 amide bonds. The Morgan fingerprint density at radius 2 is 2.38 bits per heavy atom. The molecule has 0 radical (unpaired) electrons. The summed E-state index contributed by atoms with van der Waals surface area (Å²) < 4.78 is 2.14. The van der Waals surface area contributed by atoms with E-state index >= 15 is 0 Å². The number of aromatic nitrogens is 1. The summed E-state index contributed by atoms with van der Waals surface area (Å²) in [5.41, 5.74) is 1.27. The van der Waals surface area contributed by atoms with E-state index in [0.717, 1.165) is 13.1 Å². The van der Waals surface area contributed by atoms with Crippen molar-refractivity contribution in [2.75, 3.05) is 6.61 Å². The van der Waals surface area contributed by atoms with E-state index in [9.17, 15) is 0 Å². The first-order valence-electron chi connectivity index (χ1n) is 4.75. The predicted molar refractivity (Wildman–Crippen MR) is 53.5 cm³/mol. The average molecular weight is 182 g/mol. The Bertz CT molecular complexity index is 245. The van der Waals surface area contributed by atoms with Crippen LogP contribution in [0.5, 0.6) is 0 Å². The van der Waals surface area contributed by atoms with E-state index in [-0.39, 0.29) is 12.6 Å². The monoisotopic (exact) mass is 182 g/mol. The summed E-state index contributed by atoms with van der Waals surface area (Å²) in [5.74, 6) is 0. The maximum atomic E-state index is 8.80. The van der Waals surface area contributed by atoms with E-state index < -0.39 is 0 Å². The molecule has 0 bridgehead atoms. The van der Waals surface area contributed by atoms with Crippen molar-refractivity contribution in [2.24, 2.45) is 0 Å². The Kier molecular flexibility index (Phi) is 3.99. The topological polar surface area (TPSA) is 37.2 Å². The third kappa shape index (κ3) is 3.20. The summed E-state index contributed by atoms with van der Waals surface area (Å²) in [5, 5.41) is 12.0. The summed E-state index contributed by atoms with van der Waals surface area (Å²) in [7, 11) is 0. The van der Waals surface area contributed by atoms with Crippen molar-refractivity contribution in [3.8, 4) is 0 Å². The van der Waals surface area contributed by atoms with Crippen LogP contribution in [0.3, 0.4) is 0 Å². The van der Waals surface area contributed by atoms with Gasteiger partial charge in [0.1, 0.15) is 0 Å². The molecule has 0 saturated carbocycles. The lowest BCUT2D eigenvalue weighted by atomic mass is 10.3. The van der Waals surface area contributed by atoms with Gasteiger partial charge in [0.05, 0.1) is 6.61 Å². The van der Waals surface area contributed by atoms with E-state index in [4.69, 9.17) is 5.11 Å². The number of hydrogen-bond acceptors (Lipinski definition) is 2. The third-order valence-corrected chi connectivity index (χ3v) is 2.11.